The molecular formula is C16H35NO4. The Hall–Kier alpha value is -0.200. The van der Waals surface area contributed by atoms with Gasteiger partial charge in [0.2, 0.25) is 0 Å². The van der Waals surface area contributed by atoms with Crippen molar-refractivity contribution in [2.24, 2.45) is 0 Å². The molecule has 0 saturated heterocycles. The fourth-order valence-electron chi connectivity index (χ4n) is 1.97. The van der Waals surface area contributed by atoms with Crippen LogP contribution in [0, 0.1) is 0 Å². The van der Waals surface area contributed by atoms with Gasteiger partial charge in [-0.2, -0.15) is 0 Å². The lowest BCUT2D eigenvalue weighted by Crippen LogP contribution is -2.37. The van der Waals surface area contributed by atoms with Crippen LogP contribution < -0.4 is 5.32 Å². The van der Waals surface area contributed by atoms with Gasteiger partial charge in [-0.3, -0.25) is 0 Å². The standard InChI is InChI=1S/C16H35NO4/c1-5-7-8-18-9-10-19-11-12-20-13-14-21-15(3)16(6-2)17-4/h15-17H,5-14H2,1-4H3. The third-order valence-corrected chi connectivity index (χ3v) is 3.37. The van der Waals surface area contributed by atoms with Gasteiger partial charge in [-0.1, -0.05) is 20.3 Å². The van der Waals surface area contributed by atoms with Gasteiger partial charge in [0.15, 0.2) is 0 Å². The summed E-state index contributed by atoms with van der Waals surface area (Å²) >= 11 is 0. The quantitative estimate of drug-likeness (QED) is 0.443. The van der Waals surface area contributed by atoms with Crippen LogP contribution in [0.25, 0.3) is 0 Å². The molecule has 0 aromatic heterocycles. The molecule has 128 valence electrons. The van der Waals surface area contributed by atoms with Crippen LogP contribution in [0.4, 0.5) is 0 Å². The minimum absolute atomic E-state index is 0.208. The number of hydrogen-bond acceptors (Lipinski definition) is 5. The van der Waals surface area contributed by atoms with Gasteiger partial charge in [-0.05, 0) is 26.8 Å². The molecule has 0 aliphatic rings. The maximum Gasteiger partial charge on any atom is 0.0704 e. The van der Waals surface area contributed by atoms with Crippen LogP contribution >= 0.6 is 0 Å². The Labute approximate surface area is 130 Å². The summed E-state index contributed by atoms with van der Waals surface area (Å²) in [7, 11) is 1.97. The van der Waals surface area contributed by atoms with E-state index in [2.05, 4.69) is 26.1 Å². The molecule has 1 N–H and O–H groups in total. The summed E-state index contributed by atoms with van der Waals surface area (Å²) in [6.07, 6.45) is 3.56. The first-order valence-corrected chi connectivity index (χ1v) is 8.28. The third-order valence-electron chi connectivity index (χ3n) is 3.37. The number of unbranched alkanes of at least 4 members (excludes halogenated alkanes) is 1. The second-order valence-electron chi connectivity index (χ2n) is 5.07. The van der Waals surface area contributed by atoms with E-state index in [1.807, 2.05) is 7.05 Å². The molecule has 0 bridgehead atoms. The summed E-state index contributed by atoms with van der Waals surface area (Å²) in [5.41, 5.74) is 0. The molecule has 0 spiro atoms. The number of rotatable bonds is 16. The Balaban J connectivity index is 3.18. The first-order valence-electron chi connectivity index (χ1n) is 8.28. The highest BCUT2D eigenvalue weighted by Gasteiger charge is 2.12. The number of ether oxygens (including phenoxy) is 4. The van der Waals surface area contributed by atoms with E-state index in [1.54, 1.807) is 0 Å². The molecule has 0 aliphatic carbocycles. The molecule has 0 saturated carbocycles. The van der Waals surface area contributed by atoms with E-state index in [4.69, 9.17) is 18.9 Å². The predicted molar refractivity (Wildman–Crippen MR) is 85.9 cm³/mol. The molecule has 0 aromatic rings. The zero-order valence-electron chi connectivity index (χ0n) is 14.4. The van der Waals surface area contributed by atoms with Crippen LogP contribution in [-0.4, -0.2) is 65.4 Å². The zero-order valence-corrected chi connectivity index (χ0v) is 14.4. The van der Waals surface area contributed by atoms with E-state index in [1.165, 1.54) is 6.42 Å². The summed E-state index contributed by atoms with van der Waals surface area (Å²) in [4.78, 5) is 0. The van der Waals surface area contributed by atoms with Gasteiger partial charge in [-0.25, -0.2) is 0 Å². The van der Waals surface area contributed by atoms with Crippen molar-refractivity contribution in [3.63, 3.8) is 0 Å². The molecule has 5 heteroatoms. The molecule has 2 atom stereocenters. The van der Waals surface area contributed by atoms with Gasteiger partial charge >= 0.3 is 0 Å². The van der Waals surface area contributed by atoms with Gasteiger partial charge < -0.3 is 24.3 Å². The number of hydrogen-bond donors (Lipinski definition) is 1. The lowest BCUT2D eigenvalue weighted by molar-refractivity contribution is -0.0225. The monoisotopic (exact) mass is 305 g/mol. The molecule has 0 aromatic carbocycles. The molecule has 5 nitrogen and oxygen atoms in total. The third kappa shape index (κ3) is 13.2. The Morgan fingerprint density at radius 2 is 1.33 bits per heavy atom. The molecule has 0 radical (unpaired) electrons. The Morgan fingerprint density at radius 3 is 1.81 bits per heavy atom. The van der Waals surface area contributed by atoms with Gasteiger partial charge in [-0.15, -0.1) is 0 Å². The highest BCUT2D eigenvalue weighted by atomic mass is 16.6. The minimum atomic E-state index is 0.208. The molecule has 21 heavy (non-hydrogen) atoms. The fourth-order valence-corrected chi connectivity index (χ4v) is 1.97. The molecule has 0 amide bonds. The average molecular weight is 305 g/mol. The summed E-state index contributed by atoms with van der Waals surface area (Å²) in [5, 5.41) is 3.25. The maximum absolute atomic E-state index is 5.72. The minimum Gasteiger partial charge on any atom is -0.379 e. The van der Waals surface area contributed by atoms with Crippen molar-refractivity contribution in [1.29, 1.82) is 0 Å². The summed E-state index contributed by atoms with van der Waals surface area (Å²) in [5.74, 6) is 0. The molecule has 0 rings (SSSR count). The summed E-state index contributed by atoms with van der Waals surface area (Å²) < 4.78 is 22.0. The smallest absolute Gasteiger partial charge is 0.0704 e. The lowest BCUT2D eigenvalue weighted by Gasteiger charge is -2.22. The SMILES string of the molecule is CCCCOCCOCCOCCOC(C)C(CC)NC. The normalized spacial score (nSPS) is 14.3. The highest BCUT2D eigenvalue weighted by Crippen LogP contribution is 2.02. The predicted octanol–water partition coefficient (Wildman–Crippen LogP) is 2.24. The maximum atomic E-state index is 5.72. The van der Waals surface area contributed by atoms with Crippen LogP contribution in [-0.2, 0) is 18.9 Å². The van der Waals surface area contributed by atoms with Crippen molar-refractivity contribution < 1.29 is 18.9 Å². The van der Waals surface area contributed by atoms with Crippen LogP contribution in [0.1, 0.15) is 40.0 Å². The van der Waals surface area contributed by atoms with Crippen LogP contribution in [0.5, 0.6) is 0 Å². The molecular weight excluding hydrogens is 270 g/mol. The largest absolute Gasteiger partial charge is 0.379 e. The van der Waals surface area contributed by atoms with Crippen molar-refractivity contribution in [3.05, 3.63) is 0 Å². The second-order valence-corrected chi connectivity index (χ2v) is 5.07. The Bertz CT molecular complexity index is 201. The second kappa shape index (κ2) is 16.2. The van der Waals surface area contributed by atoms with Crippen molar-refractivity contribution in [1.82, 2.24) is 5.32 Å². The van der Waals surface area contributed by atoms with Gasteiger partial charge in [0.1, 0.15) is 0 Å². The average Bonchev–Trinajstić information content (AvgIpc) is 2.49. The van der Waals surface area contributed by atoms with E-state index in [0.717, 1.165) is 19.4 Å². The topological polar surface area (TPSA) is 49.0 Å². The van der Waals surface area contributed by atoms with Gasteiger partial charge in [0.05, 0.1) is 45.7 Å². The van der Waals surface area contributed by atoms with Crippen molar-refractivity contribution >= 4 is 0 Å². The lowest BCUT2D eigenvalue weighted by atomic mass is 10.1. The summed E-state index contributed by atoms with van der Waals surface area (Å²) in [6, 6.07) is 0.404. The molecule has 0 aliphatic heterocycles. The summed E-state index contributed by atoms with van der Waals surface area (Å²) in [6.45, 7) is 11.0. The number of likely N-dealkylation sites (N-methyl/N-ethyl adjacent to an activating group) is 1. The molecule has 0 fully saturated rings. The van der Waals surface area contributed by atoms with Crippen LogP contribution in [0.2, 0.25) is 0 Å². The van der Waals surface area contributed by atoms with Crippen molar-refractivity contribution in [2.45, 2.75) is 52.2 Å². The van der Waals surface area contributed by atoms with E-state index in [0.29, 0.717) is 45.7 Å². The van der Waals surface area contributed by atoms with Gasteiger partial charge in [0, 0.05) is 12.6 Å². The van der Waals surface area contributed by atoms with Crippen LogP contribution in [0.3, 0.4) is 0 Å². The molecule has 0 heterocycles. The Kier molecular flexibility index (Phi) is 16.0. The first kappa shape index (κ1) is 20.8. The highest BCUT2D eigenvalue weighted by molar-refractivity contribution is 4.69. The van der Waals surface area contributed by atoms with E-state index >= 15 is 0 Å². The van der Waals surface area contributed by atoms with Crippen molar-refractivity contribution in [2.75, 3.05) is 53.3 Å². The van der Waals surface area contributed by atoms with E-state index < -0.39 is 0 Å². The van der Waals surface area contributed by atoms with Crippen molar-refractivity contribution in [3.8, 4) is 0 Å². The van der Waals surface area contributed by atoms with E-state index in [-0.39, 0.29) is 6.10 Å². The van der Waals surface area contributed by atoms with Gasteiger partial charge in [0.25, 0.3) is 0 Å². The molecule has 2 unspecified atom stereocenters. The Morgan fingerprint density at radius 1 is 0.810 bits per heavy atom. The van der Waals surface area contributed by atoms with E-state index in [9.17, 15) is 0 Å². The van der Waals surface area contributed by atoms with Crippen LogP contribution in [0.15, 0.2) is 0 Å². The number of nitrogens with one attached hydrogen (secondary N) is 1. The fraction of sp³-hybridized carbons (Fsp3) is 1.00. The first-order chi connectivity index (χ1) is 10.3. The zero-order chi connectivity index (χ0) is 15.8.